The van der Waals surface area contributed by atoms with Crippen molar-refractivity contribution >= 4 is 0 Å². The van der Waals surface area contributed by atoms with E-state index in [1.807, 2.05) is 0 Å². The van der Waals surface area contributed by atoms with Crippen LogP contribution in [0.1, 0.15) is 45.4 Å². The summed E-state index contributed by atoms with van der Waals surface area (Å²) in [6, 6.07) is 1.94. The van der Waals surface area contributed by atoms with Crippen LogP contribution in [0.3, 0.4) is 0 Å². The lowest BCUT2D eigenvalue weighted by atomic mass is 9.94. The Bertz CT molecular complexity index is 166. The molecule has 0 radical (unpaired) electrons. The van der Waals surface area contributed by atoms with Crippen molar-refractivity contribution in [1.82, 2.24) is 10.6 Å². The Morgan fingerprint density at radius 2 is 2.12 bits per heavy atom. The fraction of sp³-hybridized carbons (Fsp3) is 1.00. The summed E-state index contributed by atoms with van der Waals surface area (Å²) in [5.74, 6) is 0. The lowest BCUT2D eigenvalue weighted by molar-refractivity contribution is 0.0705. The van der Waals surface area contributed by atoms with Gasteiger partial charge in [0.15, 0.2) is 0 Å². The first kappa shape index (κ1) is 12.3. The van der Waals surface area contributed by atoms with Gasteiger partial charge in [-0.15, -0.1) is 0 Å². The molecule has 0 amide bonds. The Kier molecular flexibility index (Phi) is 5.07. The first-order valence-corrected chi connectivity index (χ1v) is 6.92. The van der Waals surface area contributed by atoms with Crippen molar-refractivity contribution in [1.29, 1.82) is 0 Å². The molecule has 1 saturated carbocycles. The smallest absolute Gasteiger partial charge is 0.0620 e. The van der Waals surface area contributed by atoms with Crippen LogP contribution in [0.25, 0.3) is 0 Å². The molecule has 0 aromatic rings. The molecule has 0 bridgehead atoms. The molecular formula is C13H26N2O. The molecule has 2 atom stereocenters. The third-order valence-corrected chi connectivity index (χ3v) is 3.76. The quantitative estimate of drug-likeness (QED) is 0.765. The number of nitrogens with one attached hydrogen (secondary N) is 2. The molecule has 0 aromatic carbocycles. The van der Waals surface area contributed by atoms with Gasteiger partial charge in [0.1, 0.15) is 0 Å². The highest BCUT2D eigenvalue weighted by molar-refractivity contribution is 4.80. The van der Waals surface area contributed by atoms with E-state index in [4.69, 9.17) is 4.74 Å². The Balaban J connectivity index is 1.64. The summed E-state index contributed by atoms with van der Waals surface area (Å²) < 4.78 is 5.48. The Morgan fingerprint density at radius 3 is 2.81 bits per heavy atom. The normalized spacial score (nSPS) is 30.2. The topological polar surface area (TPSA) is 33.3 Å². The van der Waals surface area contributed by atoms with Gasteiger partial charge in [-0.1, -0.05) is 19.3 Å². The van der Waals surface area contributed by atoms with Gasteiger partial charge >= 0.3 is 0 Å². The first-order valence-electron chi connectivity index (χ1n) is 6.92. The Morgan fingerprint density at radius 1 is 1.31 bits per heavy atom. The van der Waals surface area contributed by atoms with Crippen molar-refractivity contribution < 1.29 is 4.74 Å². The maximum atomic E-state index is 5.48. The zero-order chi connectivity index (χ0) is 11.2. The van der Waals surface area contributed by atoms with Gasteiger partial charge in [0.2, 0.25) is 0 Å². The summed E-state index contributed by atoms with van der Waals surface area (Å²) in [6.07, 6.45) is 8.20. The summed E-state index contributed by atoms with van der Waals surface area (Å²) in [5, 5.41) is 7.29. The number of morpholine rings is 1. The molecular weight excluding hydrogens is 200 g/mol. The molecule has 2 N–H and O–H groups in total. The zero-order valence-corrected chi connectivity index (χ0v) is 10.5. The lowest BCUT2D eigenvalue weighted by Crippen LogP contribution is -2.47. The van der Waals surface area contributed by atoms with E-state index in [-0.39, 0.29) is 0 Å². The molecule has 3 heteroatoms. The number of hydrogen-bond donors (Lipinski definition) is 2. The summed E-state index contributed by atoms with van der Waals surface area (Å²) in [7, 11) is 0. The van der Waals surface area contributed by atoms with Crippen molar-refractivity contribution in [3.8, 4) is 0 Å². The predicted molar refractivity (Wildman–Crippen MR) is 66.7 cm³/mol. The van der Waals surface area contributed by atoms with Crippen molar-refractivity contribution in [3.05, 3.63) is 0 Å². The van der Waals surface area contributed by atoms with Crippen LogP contribution in [0.5, 0.6) is 0 Å². The van der Waals surface area contributed by atoms with Gasteiger partial charge in [0.25, 0.3) is 0 Å². The first-order chi connectivity index (χ1) is 7.84. The van der Waals surface area contributed by atoms with Crippen LogP contribution >= 0.6 is 0 Å². The molecule has 1 saturated heterocycles. The number of rotatable bonds is 4. The summed E-state index contributed by atoms with van der Waals surface area (Å²) in [5.41, 5.74) is 0. The summed E-state index contributed by atoms with van der Waals surface area (Å²) in [6.45, 7) is 5.09. The van der Waals surface area contributed by atoms with Gasteiger partial charge in [-0.2, -0.15) is 0 Å². The molecule has 0 aromatic heterocycles. The van der Waals surface area contributed by atoms with Crippen LogP contribution in [-0.4, -0.2) is 37.9 Å². The monoisotopic (exact) mass is 226 g/mol. The average Bonchev–Trinajstić information content (AvgIpc) is 2.31. The van der Waals surface area contributed by atoms with Crippen LogP contribution in [0.4, 0.5) is 0 Å². The number of hydrogen-bond acceptors (Lipinski definition) is 3. The molecule has 1 aliphatic heterocycles. The van der Waals surface area contributed by atoms with Crippen LogP contribution in [0, 0.1) is 0 Å². The summed E-state index contributed by atoms with van der Waals surface area (Å²) in [4.78, 5) is 0. The van der Waals surface area contributed by atoms with Crippen LogP contribution < -0.4 is 10.6 Å². The highest BCUT2D eigenvalue weighted by Gasteiger charge is 2.19. The van der Waals surface area contributed by atoms with Crippen molar-refractivity contribution in [2.75, 3.05) is 19.8 Å². The molecule has 2 unspecified atom stereocenters. The van der Waals surface area contributed by atoms with Gasteiger partial charge in [-0.3, -0.25) is 0 Å². The SMILES string of the molecule is CC(CC1COCCN1)NC1CCCCC1. The van der Waals surface area contributed by atoms with E-state index < -0.39 is 0 Å². The van der Waals surface area contributed by atoms with Gasteiger partial charge in [-0.25, -0.2) is 0 Å². The van der Waals surface area contributed by atoms with E-state index >= 15 is 0 Å². The average molecular weight is 226 g/mol. The molecule has 0 spiro atoms. The van der Waals surface area contributed by atoms with E-state index in [2.05, 4.69) is 17.6 Å². The van der Waals surface area contributed by atoms with Gasteiger partial charge < -0.3 is 15.4 Å². The third kappa shape index (κ3) is 4.04. The fourth-order valence-corrected chi connectivity index (χ4v) is 2.94. The largest absolute Gasteiger partial charge is 0.379 e. The molecule has 2 rings (SSSR count). The minimum atomic E-state index is 0.555. The van der Waals surface area contributed by atoms with Crippen LogP contribution in [-0.2, 0) is 4.74 Å². The summed E-state index contributed by atoms with van der Waals surface area (Å²) >= 11 is 0. The fourth-order valence-electron chi connectivity index (χ4n) is 2.94. The highest BCUT2D eigenvalue weighted by atomic mass is 16.5. The molecule has 1 aliphatic carbocycles. The second-order valence-electron chi connectivity index (χ2n) is 5.36. The van der Waals surface area contributed by atoms with E-state index in [0.29, 0.717) is 12.1 Å². The molecule has 3 nitrogen and oxygen atoms in total. The van der Waals surface area contributed by atoms with Gasteiger partial charge in [0.05, 0.1) is 13.2 Å². The van der Waals surface area contributed by atoms with Crippen molar-refractivity contribution in [2.24, 2.45) is 0 Å². The Hall–Kier alpha value is -0.120. The Labute approximate surface area is 99.3 Å². The highest BCUT2D eigenvalue weighted by Crippen LogP contribution is 2.18. The maximum absolute atomic E-state index is 5.48. The minimum Gasteiger partial charge on any atom is -0.379 e. The molecule has 2 aliphatic rings. The van der Waals surface area contributed by atoms with Crippen molar-refractivity contribution in [3.63, 3.8) is 0 Å². The maximum Gasteiger partial charge on any atom is 0.0620 e. The molecule has 16 heavy (non-hydrogen) atoms. The van der Waals surface area contributed by atoms with E-state index in [1.165, 1.54) is 38.5 Å². The molecule has 1 heterocycles. The van der Waals surface area contributed by atoms with Gasteiger partial charge in [-0.05, 0) is 26.2 Å². The van der Waals surface area contributed by atoms with E-state index in [0.717, 1.165) is 25.8 Å². The minimum absolute atomic E-state index is 0.555. The van der Waals surface area contributed by atoms with Crippen LogP contribution in [0.2, 0.25) is 0 Å². The molecule has 94 valence electrons. The second kappa shape index (κ2) is 6.58. The predicted octanol–water partition coefficient (Wildman–Crippen LogP) is 1.68. The molecule has 2 fully saturated rings. The van der Waals surface area contributed by atoms with E-state index in [9.17, 15) is 0 Å². The third-order valence-electron chi connectivity index (χ3n) is 3.76. The second-order valence-corrected chi connectivity index (χ2v) is 5.36. The van der Waals surface area contributed by atoms with Crippen molar-refractivity contribution in [2.45, 2.75) is 63.6 Å². The van der Waals surface area contributed by atoms with Crippen LogP contribution in [0.15, 0.2) is 0 Å². The standard InChI is InChI=1S/C13H26N2O/c1-11(9-13-10-16-8-7-14-13)15-12-5-3-2-4-6-12/h11-15H,2-10H2,1H3. The lowest BCUT2D eigenvalue weighted by Gasteiger charge is -2.30. The number of ether oxygens (including phenoxy) is 1. The zero-order valence-electron chi connectivity index (χ0n) is 10.5. The van der Waals surface area contributed by atoms with Gasteiger partial charge in [0, 0.05) is 24.7 Å². The van der Waals surface area contributed by atoms with E-state index in [1.54, 1.807) is 0 Å².